The number of fused-ring (bicyclic) bond motifs is 1. The average Bonchev–Trinajstić information content (AvgIpc) is 3.09. The minimum atomic E-state index is 0.275. The highest BCUT2D eigenvalue weighted by molar-refractivity contribution is 7.15. The number of rotatable bonds is 7. The zero-order valence-electron chi connectivity index (χ0n) is 15.1. The first-order chi connectivity index (χ1) is 11.6. The quantitative estimate of drug-likeness (QED) is 0.834. The molecule has 5 nitrogen and oxygen atoms in total. The molecule has 0 radical (unpaired) electrons. The molecule has 0 amide bonds. The van der Waals surface area contributed by atoms with Crippen molar-refractivity contribution in [1.82, 2.24) is 19.2 Å². The van der Waals surface area contributed by atoms with Crippen LogP contribution in [-0.4, -0.2) is 63.1 Å². The van der Waals surface area contributed by atoms with E-state index in [2.05, 4.69) is 51.5 Å². The molecule has 2 aromatic rings. The van der Waals surface area contributed by atoms with E-state index in [1.54, 1.807) is 11.3 Å². The maximum Gasteiger partial charge on any atom is 0.194 e. The number of piperazine rings is 1. The number of nitrogens with zero attached hydrogens (tertiary/aromatic N) is 4. The van der Waals surface area contributed by atoms with E-state index < -0.39 is 0 Å². The van der Waals surface area contributed by atoms with Gasteiger partial charge in [0.15, 0.2) is 4.96 Å². The van der Waals surface area contributed by atoms with Crippen molar-refractivity contribution < 1.29 is 5.11 Å². The van der Waals surface area contributed by atoms with Gasteiger partial charge in [0.2, 0.25) is 0 Å². The molecule has 1 unspecified atom stereocenters. The lowest BCUT2D eigenvalue weighted by atomic mass is 10.1. The fourth-order valence-electron chi connectivity index (χ4n) is 3.59. The van der Waals surface area contributed by atoms with Crippen molar-refractivity contribution in [3.63, 3.8) is 0 Å². The third-order valence-electron chi connectivity index (χ3n) is 5.08. The minimum absolute atomic E-state index is 0.275. The van der Waals surface area contributed by atoms with E-state index in [1.165, 1.54) is 12.1 Å². The van der Waals surface area contributed by atoms with Crippen LogP contribution in [0.2, 0.25) is 0 Å². The van der Waals surface area contributed by atoms with Gasteiger partial charge in [-0.05, 0) is 32.2 Å². The van der Waals surface area contributed by atoms with Crippen LogP contribution in [0, 0.1) is 12.8 Å². The van der Waals surface area contributed by atoms with Crippen molar-refractivity contribution in [3.05, 3.63) is 23.0 Å². The van der Waals surface area contributed by atoms with Crippen LogP contribution in [0.4, 0.5) is 0 Å². The number of aliphatic hydroxyl groups excluding tert-OH is 1. The highest BCUT2D eigenvalue weighted by Crippen LogP contribution is 2.21. The second-order valence-corrected chi connectivity index (χ2v) is 8.19. The first kappa shape index (κ1) is 17.9. The van der Waals surface area contributed by atoms with E-state index in [1.807, 2.05) is 0 Å². The van der Waals surface area contributed by atoms with E-state index in [-0.39, 0.29) is 6.61 Å². The third-order valence-corrected chi connectivity index (χ3v) is 5.84. The summed E-state index contributed by atoms with van der Waals surface area (Å²) in [5.74, 6) is 0.735. The van der Waals surface area contributed by atoms with Crippen LogP contribution in [0.3, 0.4) is 0 Å². The van der Waals surface area contributed by atoms with Gasteiger partial charge in [-0.3, -0.25) is 14.2 Å². The van der Waals surface area contributed by atoms with Gasteiger partial charge in [0, 0.05) is 50.4 Å². The van der Waals surface area contributed by atoms with E-state index in [9.17, 15) is 5.11 Å². The van der Waals surface area contributed by atoms with Crippen LogP contribution in [0.1, 0.15) is 38.1 Å². The maximum absolute atomic E-state index is 9.46. The van der Waals surface area contributed by atoms with Gasteiger partial charge in [-0.2, -0.15) is 0 Å². The van der Waals surface area contributed by atoms with Gasteiger partial charge in [-0.1, -0.05) is 13.8 Å². The molecular weight excluding hydrogens is 320 g/mol. The second kappa shape index (κ2) is 7.95. The summed E-state index contributed by atoms with van der Waals surface area (Å²) in [6.45, 7) is 12.3. The molecule has 2 aromatic heterocycles. The van der Waals surface area contributed by atoms with E-state index >= 15 is 0 Å². The lowest BCUT2D eigenvalue weighted by Gasteiger charge is -2.41. The zero-order valence-corrected chi connectivity index (χ0v) is 15.9. The van der Waals surface area contributed by atoms with Crippen molar-refractivity contribution >= 4 is 16.3 Å². The molecule has 1 N–H and O–H groups in total. The molecule has 6 heteroatoms. The largest absolute Gasteiger partial charge is 0.396 e. The van der Waals surface area contributed by atoms with Crippen LogP contribution < -0.4 is 0 Å². The third kappa shape index (κ3) is 3.99. The molecule has 0 bridgehead atoms. The SMILES string of the molecule is Cc1nc2sccn2c1CN1CCN(CCC(C)C)C(CCO)C1. The average molecular weight is 351 g/mol. The number of hydrogen-bond donors (Lipinski definition) is 1. The molecule has 3 rings (SSSR count). The van der Waals surface area contributed by atoms with Crippen LogP contribution in [0.5, 0.6) is 0 Å². The summed E-state index contributed by atoms with van der Waals surface area (Å²) >= 11 is 1.69. The summed E-state index contributed by atoms with van der Waals surface area (Å²) in [5, 5.41) is 11.6. The number of aliphatic hydroxyl groups is 1. The molecule has 1 saturated heterocycles. The molecule has 1 aliphatic rings. The topological polar surface area (TPSA) is 44.0 Å². The summed E-state index contributed by atoms with van der Waals surface area (Å²) in [6.07, 6.45) is 4.23. The molecule has 0 spiro atoms. The second-order valence-electron chi connectivity index (χ2n) is 7.32. The Hall–Kier alpha value is -0.950. The van der Waals surface area contributed by atoms with Crippen molar-refractivity contribution in [2.45, 2.75) is 46.2 Å². The van der Waals surface area contributed by atoms with E-state index in [0.717, 1.165) is 55.7 Å². The summed E-state index contributed by atoms with van der Waals surface area (Å²) in [5.41, 5.74) is 2.45. The molecule has 1 atom stereocenters. The van der Waals surface area contributed by atoms with E-state index in [0.29, 0.717) is 6.04 Å². The van der Waals surface area contributed by atoms with Crippen LogP contribution in [0.15, 0.2) is 11.6 Å². The molecule has 3 heterocycles. The van der Waals surface area contributed by atoms with Gasteiger partial charge in [0.1, 0.15) is 0 Å². The number of hydrogen-bond acceptors (Lipinski definition) is 5. The Labute approximate surface area is 148 Å². The maximum atomic E-state index is 9.46. The molecule has 1 aliphatic heterocycles. The molecule has 0 saturated carbocycles. The van der Waals surface area contributed by atoms with Gasteiger partial charge in [-0.15, -0.1) is 11.3 Å². The Kier molecular flexibility index (Phi) is 5.92. The highest BCUT2D eigenvalue weighted by atomic mass is 32.1. The molecule has 1 fully saturated rings. The van der Waals surface area contributed by atoms with E-state index in [4.69, 9.17) is 0 Å². The summed E-state index contributed by atoms with van der Waals surface area (Å²) in [6, 6.07) is 0.466. The Morgan fingerprint density at radius 3 is 2.96 bits per heavy atom. The van der Waals surface area contributed by atoms with Crippen LogP contribution in [0.25, 0.3) is 4.96 Å². The fourth-order valence-corrected chi connectivity index (χ4v) is 4.36. The van der Waals surface area contributed by atoms with Gasteiger partial charge in [0.05, 0.1) is 11.4 Å². The highest BCUT2D eigenvalue weighted by Gasteiger charge is 2.27. The molecule has 0 aromatic carbocycles. The zero-order chi connectivity index (χ0) is 17.1. The summed E-state index contributed by atoms with van der Waals surface area (Å²) < 4.78 is 2.23. The lowest BCUT2D eigenvalue weighted by Crippen LogP contribution is -2.53. The fraction of sp³-hybridized carbons (Fsp3) is 0.722. The number of aromatic nitrogens is 2. The Balaban J connectivity index is 1.65. The number of imidazole rings is 1. The smallest absolute Gasteiger partial charge is 0.194 e. The number of thiazole rings is 1. The van der Waals surface area contributed by atoms with Gasteiger partial charge >= 0.3 is 0 Å². The Morgan fingerprint density at radius 2 is 2.21 bits per heavy atom. The molecule has 0 aliphatic carbocycles. The molecule has 24 heavy (non-hydrogen) atoms. The van der Waals surface area contributed by atoms with Crippen LogP contribution in [-0.2, 0) is 6.54 Å². The monoisotopic (exact) mass is 350 g/mol. The first-order valence-corrected chi connectivity index (χ1v) is 9.94. The van der Waals surface area contributed by atoms with Gasteiger partial charge < -0.3 is 5.11 Å². The van der Waals surface area contributed by atoms with Crippen molar-refractivity contribution in [2.24, 2.45) is 5.92 Å². The molecule has 134 valence electrons. The Bertz CT molecular complexity index is 651. The van der Waals surface area contributed by atoms with Gasteiger partial charge in [-0.25, -0.2) is 4.98 Å². The summed E-state index contributed by atoms with van der Waals surface area (Å²) in [4.78, 5) is 10.9. The van der Waals surface area contributed by atoms with Crippen molar-refractivity contribution in [2.75, 3.05) is 32.8 Å². The lowest BCUT2D eigenvalue weighted by molar-refractivity contribution is 0.0516. The predicted molar refractivity (Wildman–Crippen MR) is 99.6 cm³/mol. The summed E-state index contributed by atoms with van der Waals surface area (Å²) in [7, 11) is 0. The first-order valence-electron chi connectivity index (χ1n) is 9.06. The molecular formula is C18H30N4OS. The van der Waals surface area contributed by atoms with Crippen LogP contribution >= 0.6 is 11.3 Å². The standard InChI is InChI=1S/C18H30N4OS/c1-14(2)4-6-21-8-7-20(12-16(21)5-10-23)13-17-15(3)19-18-22(17)9-11-24-18/h9,11,14,16,23H,4-8,10,12-13H2,1-3H3. The number of aryl methyl sites for hydroxylation is 1. The normalized spacial score (nSPS) is 20.5. The van der Waals surface area contributed by atoms with Crippen molar-refractivity contribution in [3.8, 4) is 0 Å². The predicted octanol–water partition coefficient (Wildman–Crippen LogP) is 2.62. The van der Waals surface area contributed by atoms with Crippen molar-refractivity contribution in [1.29, 1.82) is 0 Å². The minimum Gasteiger partial charge on any atom is -0.396 e. The Morgan fingerprint density at radius 1 is 1.38 bits per heavy atom. The van der Waals surface area contributed by atoms with Gasteiger partial charge in [0.25, 0.3) is 0 Å².